The first-order valence-electron chi connectivity index (χ1n) is 8.18. The van der Waals surface area contributed by atoms with Gasteiger partial charge in [0.1, 0.15) is 5.60 Å². The lowest BCUT2D eigenvalue weighted by atomic mass is 9.62. The van der Waals surface area contributed by atoms with Crippen LogP contribution in [-0.4, -0.2) is 39.0 Å². The first-order chi connectivity index (χ1) is 11.9. The van der Waals surface area contributed by atoms with E-state index in [2.05, 4.69) is 10.4 Å². The van der Waals surface area contributed by atoms with Gasteiger partial charge in [0, 0.05) is 25.5 Å². The molecule has 0 atom stereocenters. The number of carbonyl (C=O) groups is 2. The number of carboxylic acids is 1. The van der Waals surface area contributed by atoms with Gasteiger partial charge < -0.3 is 15.2 Å². The molecule has 2 saturated heterocycles. The van der Waals surface area contributed by atoms with Crippen LogP contribution < -0.4 is 5.32 Å². The zero-order valence-corrected chi connectivity index (χ0v) is 13.9. The van der Waals surface area contributed by atoms with Crippen molar-refractivity contribution in [3.63, 3.8) is 0 Å². The van der Waals surface area contributed by atoms with Crippen LogP contribution in [0.15, 0.2) is 36.4 Å². The molecule has 0 unspecified atom stereocenters. The summed E-state index contributed by atoms with van der Waals surface area (Å²) in [6.07, 6.45) is 0.504. The van der Waals surface area contributed by atoms with Crippen LogP contribution in [0.3, 0.4) is 0 Å². The summed E-state index contributed by atoms with van der Waals surface area (Å²) in [5.41, 5.74) is 0.879. The zero-order chi connectivity index (χ0) is 17.7. The maximum atomic E-state index is 12.5. The number of aryl methyl sites for hydroxylation is 1. The van der Waals surface area contributed by atoms with Gasteiger partial charge in [0.2, 0.25) is 0 Å². The molecule has 3 fully saturated rings. The number of amides is 1. The van der Waals surface area contributed by atoms with E-state index in [1.54, 1.807) is 4.68 Å². The minimum atomic E-state index is -0.973. The molecule has 1 amide bonds. The highest BCUT2D eigenvalue weighted by Gasteiger charge is 2.70. The molecule has 3 heterocycles. The van der Waals surface area contributed by atoms with Crippen molar-refractivity contribution in [1.82, 2.24) is 15.1 Å². The van der Waals surface area contributed by atoms with E-state index in [1.165, 1.54) is 0 Å². The fourth-order valence-electron chi connectivity index (χ4n) is 3.71. The fraction of sp³-hybridized carbons (Fsp3) is 0.389. The molecule has 0 spiro atoms. The van der Waals surface area contributed by atoms with Gasteiger partial charge in [-0.05, 0) is 6.07 Å². The molecule has 7 heteroatoms. The van der Waals surface area contributed by atoms with E-state index in [-0.39, 0.29) is 25.4 Å². The number of carbonyl (C=O) groups excluding carboxylic acids is 1. The molecule has 1 aromatic carbocycles. The SMILES string of the molecule is Cn1nc(-c2ccccc2)cc1CNC(=O)C12CC(C(=O)O)(CO1)C2. The van der Waals surface area contributed by atoms with E-state index in [0.29, 0.717) is 6.54 Å². The van der Waals surface area contributed by atoms with Gasteiger partial charge in [-0.15, -0.1) is 0 Å². The van der Waals surface area contributed by atoms with Crippen LogP contribution >= 0.6 is 0 Å². The van der Waals surface area contributed by atoms with Crippen molar-refractivity contribution >= 4 is 11.9 Å². The fourth-order valence-corrected chi connectivity index (χ4v) is 3.71. The Hall–Kier alpha value is -2.67. The van der Waals surface area contributed by atoms with Crippen LogP contribution in [0.2, 0.25) is 0 Å². The van der Waals surface area contributed by atoms with Crippen molar-refractivity contribution in [2.75, 3.05) is 6.61 Å². The van der Waals surface area contributed by atoms with Gasteiger partial charge in [-0.25, -0.2) is 0 Å². The molecule has 2 N–H and O–H groups in total. The van der Waals surface area contributed by atoms with Crippen LogP contribution in [0.25, 0.3) is 11.3 Å². The Balaban J connectivity index is 1.42. The quantitative estimate of drug-likeness (QED) is 0.856. The smallest absolute Gasteiger partial charge is 0.312 e. The standard InChI is InChI=1S/C18H19N3O4/c1-21-13(7-14(20-21)12-5-3-2-4-6-12)8-19-15(22)18-9-17(10-18,11-25-18)16(23)24/h2-7H,8-11H2,1H3,(H,19,22)(H,23,24). The number of aromatic nitrogens is 2. The number of nitrogens with zero attached hydrogens (tertiary/aromatic N) is 2. The van der Waals surface area contributed by atoms with Crippen LogP contribution in [0.1, 0.15) is 18.5 Å². The normalized spacial score (nSPS) is 26.9. The highest BCUT2D eigenvalue weighted by atomic mass is 16.5. The molecule has 25 heavy (non-hydrogen) atoms. The van der Waals surface area contributed by atoms with E-state index in [9.17, 15) is 14.7 Å². The summed E-state index contributed by atoms with van der Waals surface area (Å²) in [6, 6.07) is 11.8. The zero-order valence-electron chi connectivity index (χ0n) is 13.9. The Bertz CT molecular complexity index is 837. The van der Waals surface area contributed by atoms with Crippen molar-refractivity contribution in [2.24, 2.45) is 12.5 Å². The maximum Gasteiger partial charge on any atom is 0.312 e. The lowest BCUT2D eigenvalue weighted by Gasteiger charge is -2.40. The summed E-state index contributed by atoms with van der Waals surface area (Å²) in [6.45, 7) is 0.431. The summed E-state index contributed by atoms with van der Waals surface area (Å²) in [5, 5.41) is 16.6. The Labute approximate surface area is 144 Å². The Morgan fingerprint density at radius 2 is 2.04 bits per heavy atom. The third-order valence-electron chi connectivity index (χ3n) is 5.22. The van der Waals surface area contributed by atoms with Crippen LogP contribution in [0.5, 0.6) is 0 Å². The summed E-state index contributed by atoms with van der Waals surface area (Å²) >= 11 is 0. The van der Waals surface area contributed by atoms with E-state index >= 15 is 0 Å². The van der Waals surface area contributed by atoms with Crippen molar-refractivity contribution in [3.05, 3.63) is 42.1 Å². The van der Waals surface area contributed by atoms with Gasteiger partial charge in [-0.3, -0.25) is 14.3 Å². The second-order valence-corrected chi connectivity index (χ2v) is 6.92. The van der Waals surface area contributed by atoms with Gasteiger partial charge >= 0.3 is 5.97 Å². The van der Waals surface area contributed by atoms with E-state index < -0.39 is 17.0 Å². The maximum absolute atomic E-state index is 12.5. The number of nitrogens with one attached hydrogen (secondary N) is 1. The molecule has 7 nitrogen and oxygen atoms in total. The molecule has 2 aliphatic heterocycles. The Morgan fingerprint density at radius 3 is 2.68 bits per heavy atom. The predicted octanol–water partition coefficient (Wildman–Crippen LogP) is 1.34. The molecule has 1 aromatic heterocycles. The highest BCUT2D eigenvalue weighted by molar-refractivity contribution is 5.92. The molecule has 3 aliphatic rings. The molecule has 2 bridgehead atoms. The van der Waals surface area contributed by atoms with Crippen LogP contribution in [0, 0.1) is 5.41 Å². The van der Waals surface area contributed by atoms with Crippen molar-refractivity contribution in [1.29, 1.82) is 0 Å². The van der Waals surface area contributed by atoms with Gasteiger partial charge in [0.25, 0.3) is 5.91 Å². The number of hydrogen-bond acceptors (Lipinski definition) is 4. The first kappa shape index (κ1) is 15.8. The lowest BCUT2D eigenvalue weighted by molar-refractivity contribution is -0.158. The van der Waals surface area contributed by atoms with E-state index in [0.717, 1.165) is 17.0 Å². The molecular formula is C18H19N3O4. The number of carboxylic acid groups (broad SMARTS) is 1. The predicted molar refractivity (Wildman–Crippen MR) is 88.5 cm³/mol. The largest absolute Gasteiger partial charge is 0.481 e. The molecule has 1 saturated carbocycles. The number of fused-ring (bicyclic) bond motifs is 1. The summed E-state index contributed by atoms with van der Waals surface area (Å²) in [7, 11) is 1.83. The Morgan fingerprint density at radius 1 is 1.32 bits per heavy atom. The second kappa shape index (κ2) is 5.42. The number of benzene rings is 1. The third kappa shape index (κ3) is 2.42. The first-order valence-corrected chi connectivity index (χ1v) is 8.18. The average molecular weight is 341 g/mol. The average Bonchev–Trinajstić information content (AvgIpc) is 3.25. The molecule has 5 rings (SSSR count). The molecule has 0 radical (unpaired) electrons. The number of hydrogen-bond donors (Lipinski definition) is 2. The Kier molecular flexibility index (Phi) is 3.43. The van der Waals surface area contributed by atoms with Crippen molar-refractivity contribution < 1.29 is 19.4 Å². The minimum absolute atomic E-state index is 0.111. The number of aliphatic carboxylic acids is 1. The second-order valence-electron chi connectivity index (χ2n) is 6.92. The van der Waals surface area contributed by atoms with E-state index in [1.807, 2.05) is 43.4 Å². The summed E-state index contributed by atoms with van der Waals surface area (Å²) in [5.74, 6) is -1.13. The van der Waals surface area contributed by atoms with Gasteiger partial charge in [-0.2, -0.15) is 5.10 Å². The van der Waals surface area contributed by atoms with Gasteiger partial charge in [0.05, 0.1) is 30.0 Å². The topological polar surface area (TPSA) is 93.5 Å². The summed E-state index contributed by atoms with van der Waals surface area (Å²) in [4.78, 5) is 23.7. The van der Waals surface area contributed by atoms with E-state index in [4.69, 9.17) is 4.74 Å². The monoisotopic (exact) mass is 341 g/mol. The summed E-state index contributed by atoms with van der Waals surface area (Å²) < 4.78 is 7.25. The molecular weight excluding hydrogens is 322 g/mol. The van der Waals surface area contributed by atoms with Crippen molar-refractivity contribution in [3.8, 4) is 11.3 Å². The molecule has 2 aromatic rings. The number of rotatable bonds is 5. The highest BCUT2D eigenvalue weighted by Crippen LogP contribution is 2.58. The minimum Gasteiger partial charge on any atom is -0.481 e. The van der Waals surface area contributed by atoms with Gasteiger partial charge in [-0.1, -0.05) is 30.3 Å². The molecule has 130 valence electrons. The van der Waals surface area contributed by atoms with Gasteiger partial charge in [0.15, 0.2) is 0 Å². The van der Waals surface area contributed by atoms with Crippen LogP contribution in [-0.2, 0) is 27.9 Å². The van der Waals surface area contributed by atoms with Crippen molar-refractivity contribution in [2.45, 2.75) is 25.0 Å². The lowest BCUT2D eigenvalue weighted by Crippen LogP contribution is -2.57. The third-order valence-corrected chi connectivity index (χ3v) is 5.22. The van der Waals surface area contributed by atoms with Crippen LogP contribution in [0.4, 0.5) is 0 Å². The molecule has 1 aliphatic carbocycles. The number of ether oxygens (including phenoxy) is 1.